The van der Waals surface area contributed by atoms with Crippen LogP contribution in [-0.2, 0) is 14.3 Å². The lowest BCUT2D eigenvalue weighted by Gasteiger charge is -2.17. The van der Waals surface area contributed by atoms with Crippen LogP contribution in [0.15, 0.2) is 53.4 Å². The second-order valence-corrected chi connectivity index (χ2v) is 7.33. The molecule has 2 rings (SSSR count). The lowest BCUT2D eigenvalue weighted by molar-refractivity contribution is -0.152. The highest BCUT2D eigenvalue weighted by molar-refractivity contribution is 8.00. The summed E-state index contributed by atoms with van der Waals surface area (Å²) in [6.07, 6.45) is -0.930. The molecule has 7 heteroatoms. The lowest BCUT2D eigenvalue weighted by atomic mass is 10.2. The third-order valence-electron chi connectivity index (χ3n) is 3.49. The van der Waals surface area contributed by atoms with Crippen molar-refractivity contribution in [2.75, 3.05) is 12.4 Å². The fraction of sp³-hybridized carbons (Fsp3) is 0.263. The van der Waals surface area contributed by atoms with E-state index in [2.05, 4.69) is 5.32 Å². The van der Waals surface area contributed by atoms with E-state index in [-0.39, 0.29) is 0 Å². The Kier molecular flexibility index (Phi) is 7.36. The average molecular weight is 394 g/mol. The minimum atomic E-state index is -0.930. The summed E-state index contributed by atoms with van der Waals surface area (Å²) >= 11 is 7.19. The maximum atomic E-state index is 12.3. The normalized spacial score (nSPS) is 12.8. The third-order valence-corrected chi connectivity index (χ3v) is 4.83. The largest absolute Gasteiger partial charge is 0.495 e. The van der Waals surface area contributed by atoms with E-state index in [1.807, 2.05) is 12.1 Å². The number of hydrogen-bond acceptors (Lipinski definition) is 5. The van der Waals surface area contributed by atoms with Crippen LogP contribution in [0.25, 0.3) is 0 Å². The number of nitrogens with one attached hydrogen (secondary N) is 1. The molecule has 0 aliphatic carbocycles. The maximum Gasteiger partial charge on any atom is 0.319 e. The zero-order chi connectivity index (χ0) is 19.1. The monoisotopic (exact) mass is 393 g/mol. The third kappa shape index (κ3) is 5.68. The number of methoxy groups -OCH3 is 1. The van der Waals surface area contributed by atoms with Crippen LogP contribution in [0.5, 0.6) is 5.75 Å². The van der Waals surface area contributed by atoms with E-state index in [9.17, 15) is 9.59 Å². The average Bonchev–Trinajstić information content (AvgIpc) is 2.63. The molecule has 1 amide bonds. The van der Waals surface area contributed by atoms with Gasteiger partial charge in [-0.2, -0.15) is 0 Å². The molecule has 138 valence electrons. The number of rotatable bonds is 7. The molecular weight excluding hydrogens is 374 g/mol. The van der Waals surface area contributed by atoms with Gasteiger partial charge in [-0.3, -0.25) is 9.59 Å². The molecule has 2 atom stereocenters. The first-order valence-corrected chi connectivity index (χ1v) is 9.23. The fourth-order valence-electron chi connectivity index (χ4n) is 2.07. The smallest absolute Gasteiger partial charge is 0.319 e. The van der Waals surface area contributed by atoms with E-state index >= 15 is 0 Å². The highest BCUT2D eigenvalue weighted by Gasteiger charge is 2.23. The minimum Gasteiger partial charge on any atom is -0.495 e. The summed E-state index contributed by atoms with van der Waals surface area (Å²) in [7, 11) is 1.52. The zero-order valence-corrected chi connectivity index (χ0v) is 16.3. The number of benzene rings is 2. The Balaban J connectivity index is 1.90. The highest BCUT2D eigenvalue weighted by atomic mass is 35.5. The number of para-hydroxylation sites is 2. The Hall–Kier alpha value is -2.18. The SMILES string of the molecule is COc1ccccc1NC(=O)[C@@H](C)OC(=O)[C@@H](C)Sc1ccc(Cl)cc1. The molecule has 5 nitrogen and oxygen atoms in total. The van der Waals surface area contributed by atoms with Crippen LogP contribution in [0.2, 0.25) is 5.02 Å². The van der Waals surface area contributed by atoms with Crippen molar-refractivity contribution in [3.63, 3.8) is 0 Å². The van der Waals surface area contributed by atoms with E-state index in [4.69, 9.17) is 21.1 Å². The van der Waals surface area contributed by atoms with Crippen LogP contribution in [0.3, 0.4) is 0 Å². The Labute approximate surface area is 162 Å². The highest BCUT2D eigenvalue weighted by Crippen LogP contribution is 2.26. The molecular formula is C19H20ClNO4S. The van der Waals surface area contributed by atoms with Gasteiger partial charge in [0.05, 0.1) is 12.8 Å². The van der Waals surface area contributed by atoms with Gasteiger partial charge in [0.15, 0.2) is 6.10 Å². The molecule has 26 heavy (non-hydrogen) atoms. The summed E-state index contributed by atoms with van der Waals surface area (Å²) in [5.41, 5.74) is 0.520. The molecule has 0 unspecified atom stereocenters. The number of ether oxygens (including phenoxy) is 2. The van der Waals surface area contributed by atoms with Crippen molar-refractivity contribution in [1.29, 1.82) is 0 Å². The molecule has 2 aromatic carbocycles. The van der Waals surface area contributed by atoms with E-state index in [1.165, 1.54) is 25.8 Å². The van der Waals surface area contributed by atoms with Gasteiger partial charge in [-0.05, 0) is 50.2 Å². The van der Waals surface area contributed by atoms with Gasteiger partial charge in [0.25, 0.3) is 5.91 Å². The first kappa shape index (κ1) is 20.1. The van der Waals surface area contributed by atoms with Gasteiger partial charge in [-0.25, -0.2) is 0 Å². The topological polar surface area (TPSA) is 64.6 Å². The van der Waals surface area contributed by atoms with Crippen LogP contribution < -0.4 is 10.1 Å². The molecule has 0 radical (unpaired) electrons. The second kappa shape index (κ2) is 9.50. The molecule has 0 aliphatic heterocycles. The van der Waals surface area contributed by atoms with Gasteiger partial charge < -0.3 is 14.8 Å². The number of amides is 1. The number of carbonyl (C=O) groups excluding carboxylic acids is 2. The van der Waals surface area contributed by atoms with Crippen LogP contribution in [-0.4, -0.2) is 30.3 Å². The minimum absolute atomic E-state index is 0.424. The number of thioether (sulfide) groups is 1. The zero-order valence-electron chi connectivity index (χ0n) is 14.7. The Morgan fingerprint density at radius 3 is 2.38 bits per heavy atom. The Bertz CT molecular complexity index is 766. The number of anilines is 1. The maximum absolute atomic E-state index is 12.3. The number of esters is 1. The molecule has 2 aromatic rings. The van der Waals surface area contributed by atoms with Crippen LogP contribution in [0, 0.1) is 0 Å². The fourth-order valence-corrected chi connectivity index (χ4v) is 3.05. The summed E-state index contributed by atoms with van der Waals surface area (Å²) in [5, 5.41) is 2.87. The number of hydrogen-bond donors (Lipinski definition) is 1. The van der Waals surface area contributed by atoms with Crippen molar-refractivity contribution < 1.29 is 19.1 Å². The summed E-state index contributed by atoms with van der Waals surface area (Å²) in [4.78, 5) is 25.4. The van der Waals surface area contributed by atoms with Crippen molar-refractivity contribution in [2.45, 2.75) is 30.1 Å². The quantitative estimate of drug-likeness (QED) is 0.558. The first-order chi connectivity index (χ1) is 12.4. The molecule has 0 aliphatic rings. The van der Waals surface area contributed by atoms with Crippen molar-refractivity contribution in [2.24, 2.45) is 0 Å². The second-order valence-electron chi connectivity index (χ2n) is 5.48. The predicted octanol–water partition coefficient (Wildman–Crippen LogP) is 4.40. The van der Waals surface area contributed by atoms with E-state index in [1.54, 1.807) is 43.3 Å². The number of carbonyl (C=O) groups is 2. The Morgan fingerprint density at radius 2 is 1.73 bits per heavy atom. The van der Waals surface area contributed by atoms with Gasteiger partial charge in [0, 0.05) is 9.92 Å². The first-order valence-electron chi connectivity index (χ1n) is 7.97. The summed E-state index contributed by atoms with van der Waals surface area (Å²) in [6, 6.07) is 14.2. The van der Waals surface area contributed by atoms with E-state index in [0.29, 0.717) is 16.5 Å². The van der Waals surface area contributed by atoms with Crippen LogP contribution in [0.1, 0.15) is 13.8 Å². The van der Waals surface area contributed by atoms with Gasteiger partial charge in [0.2, 0.25) is 0 Å². The van der Waals surface area contributed by atoms with Crippen molar-refractivity contribution in [1.82, 2.24) is 0 Å². The van der Waals surface area contributed by atoms with Gasteiger partial charge in [-0.15, -0.1) is 11.8 Å². The summed E-state index contributed by atoms with van der Waals surface area (Å²) in [6.45, 7) is 3.26. The van der Waals surface area contributed by atoms with E-state index in [0.717, 1.165) is 4.90 Å². The van der Waals surface area contributed by atoms with Crippen LogP contribution >= 0.6 is 23.4 Å². The van der Waals surface area contributed by atoms with Gasteiger partial charge in [-0.1, -0.05) is 23.7 Å². The molecule has 0 aromatic heterocycles. The van der Waals surface area contributed by atoms with Gasteiger partial charge in [0.1, 0.15) is 11.0 Å². The Morgan fingerprint density at radius 1 is 1.08 bits per heavy atom. The van der Waals surface area contributed by atoms with Crippen molar-refractivity contribution in [3.05, 3.63) is 53.6 Å². The molecule has 0 heterocycles. The molecule has 0 fully saturated rings. The molecule has 1 N–H and O–H groups in total. The van der Waals surface area contributed by atoms with Crippen molar-refractivity contribution in [3.8, 4) is 5.75 Å². The summed E-state index contributed by atoms with van der Waals surface area (Å²) < 4.78 is 10.5. The predicted molar refractivity (Wildman–Crippen MR) is 104 cm³/mol. The molecule has 0 saturated heterocycles. The van der Waals surface area contributed by atoms with Crippen LogP contribution in [0.4, 0.5) is 5.69 Å². The van der Waals surface area contributed by atoms with Gasteiger partial charge >= 0.3 is 5.97 Å². The van der Waals surface area contributed by atoms with E-state index < -0.39 is 23.2 Å². The molecule has 0 spiro atoms. The number of halogens is 1. The lowest BCUT2D eigenvalue weighted by Crippen LogP contribution is -2.32. The standard InChI is InChI=1S/C19H20ClNO4S/c1-12(18(22)21-16-6-4-5-7-17(16)24-3)25-19(23)13(2)26-15-10-8-14(20)9-11-15/h4-13H,1-3H3,(H,21,22)/t12-,13-/m1/s1. The molecule has 0 saturated carbocycles. The molecule has 0 bridgehead atoms. The summed E-state index contributed by atoms with van der Waals surface area (Å²) in [5.74, 6) is -0.356. The van der Waals surface area contributed by atoms with Crippen molar-refractivity contribution >= 4 is 40.9 Å².